The van der Waals surface area contributed by atoms with Gasteiger partial charge >= 0.3 is 5.97 Å². The maximum atomic E-state index is 13.0. The number of hydrogen-bond acceptors (Lipinski definition) is 4. The summed E-state index contributed by atoms with van der Waals surface area (Å²) in [5, 5.41) is 0. The molecule has 0 spiro atoms. The molecule has 5 heteroatoms. The smallest absolute Gasteiger partial charge is 0.363 e. The minimum Gasteiger partial charge on any atom is -0.457 e. The van der Waals surface area contributed by atoms with Gasteiger partial charge in [0.15, 0.2) is 5.70 Å². The topological polar surface area (TPSA) is 47.9 Å². The van der Waals surface area contributed by atoms with Gasteiger partial charge in [-0.15, -0.1) is 0 Å². The number of cyclic esters (lactones) is 1. The first-order chi connectivity index (χ1) is 13.2. The molecule has 0 unspecified atom stereocenters. The lowest BCUT2D eigenvalue weighted by Gasteiger charge is -2.05. The number of esters is 1. The van der Waals surface area contributed by atoms with E-state index in [1.165, 1.54) is 24.3 Å². The molecule has 3 aromatic carbocycles. The molecule has 0 fully saturated rings. The molecule has 0 N–H and O–H groups in total. The molecule has 3 aromatic rings. The summed E-state index contributed by atoms with van der Waals surface area (Å²) in [6.45, 7) is 0. The van der Waals surface area contributed by atoms with E-state index in [1.54, 1.807) is 12.1 Å². The van der Waals surface area contributed by atoms with Crippen LogP contribution in [-0.4, -0.2) is 11.9 Å². The molecule has 1 aliphatic rings. The number of carbonyl (C=O) groups is 1. The third-order valence-corrected chi connectivity index (χ3v) is 3.85. The van der Waals surface area contributed by atoms with Crippen LogP contribution in [0.1, 0.15) is 11.1 Å². The Morgan fingerprint density at radius 1 is 0.889 bits per heavy atom. The van der Waals surface area contributed by atoms with Crippen LogP contribution < -0.4 is 4.74 Å². The number of rotatable bonds is 4. The van der Waals surface area contributed by atoms with Crippen LogP contribution in [0.3, 0.4) is 0 Å². The molecule has 27 heavy (non-hydrogen) atoms. The van der Waals surface area contributed by atoms with E-state index >= 15 is 0 Å². The van der Waals surface area contributed by atoms with Gasteiger partial charge < -0.3 is 9.47 Å². The second-order valence-electron chi connectivity index (χ2n) is 5.83. The summed E-state index contributed by atoms with van der Waals surface area (Å²) < 4.78 is 24.0. The van der Waals surface area contributed by atoms with Gasteiger partial charge in [0.25, 0.3) is 0 Å². The first-order valence-corrected chi connectivity index (χ1v) is 8.29. The van der Waals surface area contributed by atoms with Crippen molar-refractivity contribution in [2.75, 3.05) is 0 Å². The van der Waals surface area contributed by atoms with Crippen molar-refractivity contribution in [2.24, 2.45) is 4.99 Å². The highest BCUT2D eigenvalue weighted by Gasteiger charge is 2.24. The van der Waals surface area contributed by atoms with Gasteiger partial charge in [0, 0.05) is 5.56 Å². The van der Waals surface area contributed by atoms with E-state index in [0.29, 0.717) is 11.3 Å². The molecule has 4 nitrogen and oxygen atoms in total. The number of halogens is 1. The second kappa shape index (κ2) is 7.25. The van der Waals surface area contributed by atoms with Gasteiger partial charge in [-0.1, -0.05) is 30.3 Å². The maximum Gasteiger partial charge on any atom is 0.363 e. The first-order valence-electron chi connectivity index (χ1n) is 8.29. The summed E-state index contributed by atoms with van der Waals surface area (Å²) >= 11 is 0. The van der Waals surface area contributed by atoms with Crippen LogP contribution in [0.4, 0.5) is 4.39 Å². The molecule has 0 bridgehead atoms. The molecule has 0 aliphatic carbocycles. The third kappa shape index (κ3) is 3.93. The Morgan fingerprint density at radius 3 is 2.41 bits per heavy atom. The summed E-state index contributed by atoms with van der Waals surface area (Å²) in [4.78, 5) is 16.3. The molecular formula is C22H14FNO3. The summed E-state index contributed by atoms with van der Waals surface area (Å²) in [6.07, 6.45) is 1.62. The fourth-order valence-electron chi connectivity index (χ4n) is 2.58. The largest absolute Gasteiger partial charge is 0.457 e. The van der Waals surface area contributed by atoms with E-state index < -0.39 is 5.97 Å². The number of hydrogen-bond donors (Lipinski definition) is 0. The van der Waals surface area contributed by atoms with Crippen molar-refractivity contribution < 1.29 is 18.7 Å². The molecule has 0 aromatic heterocycles. The SMILES string of the molecule is O=C1OC(c2ccc(F)cc2)=N/C1=C\c1cccc(Oc2ccccc2)c1. The van der Waals surface area contributed by atoms with Gasteiger partial charge in [0.2, 0.25) is 5.90 Å². The lowest BCUT2D eigenvalue weighted by atomic mass is 10.2. The lowest BCUT2D eigenvalue weighted by molar-refractivity contribution is -0.129. The van der Waals surface area contributed by atoms with Crippen LogP contribution in [0.5, 0.6) is 11.5 Å². The monoisotopic (exact) mass is 359 g/mol. The molecule has 0 saturated carbocycles. The highest BCUT2D eigenvalue weighted by atomic mass is 19.1. The summed E-state index contributed by atoms with van der Waals surface area (Å²) in [6, 6.07) is 22.3. The second-order valence-corrected chi connectivity index (χ2v) is 5.83. The normalized spacial score (nSPS) is 14.8. The Morgan fingerprint density at radius 2 is 1.63 bits per heavy atom. The van der Waals surface area contributed by atoms with Crippen LogP contribution in [0, 0.1) is 5.82 Å². The maximum absolute atomic E-state index is 13.0. The number of ether oxygens (including phenoxy) is 2. The van der Waals surface area contributed by atoms with Gasteiger partial charge in [0.1, 0.15) is 17.3 Å². The predicted octanol–water partition coefficient (Wildman–Crippen LogP) is 4.96. The van der Waals surface area contributed by atoms with E-state index in [9.17, 15) is 9.18 Å². The summed E-state index contributed by atoms with van der Waals surface area (Å²) in [5.41, 5.74) is 1.46. The zero-order valence-electron chi connectivity index (χ0n) is 14.1. The number of para-hydroxylation sites is 1. The minimum absolute atomic E-state index is 0.156. The lowest BCUT2D eigenvalue weighted by Crippen LogP contribution is -2.05. The number of carbonyl (C=O) groups excluding carboxylic acids is 1. The Balaban J connectivity index is 1.58. The zero-order chi connectivity index (χ0) is 18.6. The van der Waals surface area contributed by atoms with E-state index in [4.69, 9.17) is 9.47 Å². The number of aliphatic imine (C=N–C) groups is 1. The van der Waals surface area contributed by atoms with Crippen molar-refractivity contribution in [1.29, 1.82) is 0 Å². The molecule has 0 radical (unpaired) electrons. The number of nitrogens with zero attached hydrogens (tertiary/aromatic N) is 1. The minimum atomic E-state index is -0.552. The van der Waals surface area contributed by atoms with E-state index in [2.05, 4.69) is 4.99 Å². The van der Waals surface area contributed by atoms with Crippen molar-refractivity contribution in [1.82, 2.24) is 0 Å². The fraction of sp³-hybridized carbons (Fsp3) is 0. The predicted molar refractivity (Wildman–Crippen MR) is 100.0 cm³/mol. The van der Waals surface area contributed by atoms with Gasteiger partial charge in [-0.05, 0) is 60.2 Å². The molecule has 1 heterocycles. The van der Waals surface area contributed by atoms with Gasteiger partial charge in [0.05, 0.1) is 0 Å². The number of benzene rings is 3. The molecule has 1 aliphatic heterocycles. The van der Waals surface area contributed by atoms with Gasteiger partial charge in [-0.25, -0.2) is 14.2 Å². The van der Waals surface area contributed by atoms with E-state index in [1.807, 2.05) is 48.5 Å². The molecule has 4 rings (SSSR count). The van der Waals surface area contributed by atoms with Gasteiger partial charge in [-0.3, -0.25) is 0 Å². The first kappa shape index (κ1) is 16.7. The zero-order valence-corrected chi connectivity index (χ0v) is 14.1. The molecule has 0 atom stereocenters. The highest BCUT2D eigenvalue weighted by molar-refractivity contribution is 6.12. The third-order valence-electron chi connectivity index (χ3n) is 3.85. The van der Waals surface area contributed by atoms with Crippen molar-refractivity contribution in [3.8, 4) is 11.5 Å². The Kier molecular flexibility index (Phi) is 4.49. The molecular weight excluding hydrogens is 345 g/mol. The average molecular weight is 359 g/mol. The van der Waals surface area contributed by atoms with Crippen LogP contribution in [0.25, 0.3) is 6.08 Å². The van der Waals surface area contributed by atoms with Crippen molar-refractivity contribution in [2.45, 2.75) is 0 Å². The molecule has 0 saturated heterocycles. The van der Waals surface area contributed by atoms with Crippen molar-refractivity contribution in [3.05, 3.63) is 102 Å². The Labute approximate surface area is 155 Å². The van der Waals surface area contributed by atoms with E-state index in [-0.39, 0.29) is 17.4 Å². The average Bonchev–Trinajstić information content (AvgIpc) is 3.04. The van der Waals surface area contributed by atoms with Crippen LogP contribution in [0.15, 0.2) is 89.6 Å². The van der Waals surface area contributed by atoms with Crippen LogP contribution in [0.2, 0.25) is 0 Å². The Hall–Kier alpha value is -3.73. The quantitative estimate of drug-likeness (QED) is 0.488. The molecule has 0 amide bonds. The van der Waals surface area contributed by atoms with Crippen molar-refractivity contribution >= 4 is 17.9 Å². The van der Waals surface area contributed by atoms with Crippen LogP contribution in [-0.2, 0) is 9.53 Å². The fourth-order valence-corrected chi connectivity index (χ4v) is 2.58. The van der Waals surface area contributed by atoms with Gasteiger partial charge in [-0.2, -0.15) is 0 Å². The summed E-state index contributed by atoms with van der Waals surface area (Å²) in [5.74, 6) is 0.602. The standard InChI is InChI=1S/C22H14FNO3/c23-17-11-9-16(10-12-17)21-24-20(22(25)27-21)14-15-5-4-8-19(13-15)26-18-6-2-1-3-7-18/h1-14H/b20-14-. The van der Waals surface area contributed by atoms with Crippen molar-refractivity contribution in [3.63, 3.8) is 0 Å². The summed E-state index contributed by atoms with van der Waals surface area (Å²) in [7, 11) is 0. The van der Waals surface area contributed by atoms with E-state index in [0.717, 1.165) is 11.3 Å². The Bertz CT molecular complexity index is 1040. The highest BCUT2D eigenvalue weighted by Crippen LogP contribution is 2.24. The van der Waals surface area contributed by atoms with Crippen LogP contribution >= 0.6 is 0 Å². The molecule has 132 valence electrons.